The van der Waals surface area contributed by atoms with Gasteiger partial charge in [-0.3, -0.25) is 0 Å². The lowest BCUT2D eigenvalue weighted by atomic mass is 9.97. The fourth-order valence-electron chi connectivity index (χ4n) is 3.26. The summed E-state index contributed by atoms with van der Waals surface area (Å²) in [6, 6.07) is 20.4. The van der Waals surface area contributed by atoms with Gasteiger partial charge in [-0.25, -0.2) is 9.59 Å². The van der Waals surface area contributed by atoms with Gasteiger partial charge in [0.2, 0.25) is 0 Å². The molecule has 0 amide bonds. The van der Waals surface area contributed by atoms with Crippen LogP contribution < -0.4 is 0 Å². The molecule has 0 saturated carbocycles. The van der Waals surface area contributed by atoms with Crippen molar-refractivity contribution < 1.29 is 19.1 Å². The van der Waals surface area contributed by atoms with Crippen LogP contribution in [-0.2, 0) is 19.1 Å². The average Bonchev–Trinajstić information content (AvgIpc) is 2.79. The minimum absolute atomic E-state index is 0.248. The van der Waals surface area contributed by atoms with Crippen molar-refractivity contribution in [1.29, 1.82) is 0 Å². The van der Waals surface area contributed by atoms with Crippen molar-refractivity contribution in [3.05, 3.63) is 83.9 Å². The molecule has 0 radical (unpaired) electrons. The number of carbonyl (C=O) groups is 2. The summed E-state index contributed by atoms with van der Waals surface area (Å²) in [7, 11) is 0. The molecule has 2 aromatic rings. The maximum Gasteiger partial charge on any atom is 0.344 e. The molecule has 0 aliphatic rings. The minimum Gasteiger partial charge on any atom is -0.462 e. The lowest BCUT2D eigenvalue weighted by Crippen LogP contribution is -2.18. The highest BCUT2D eigenvalue weighted by atomic mass is 16.6. The number of hydrogen-bond acceptors (Lipinski definition) is 4. The zero-order valence-corrected chi connectivity index (χ0v) is 18.0. The third kappa shape index (κ3) is 7.86. The van der Waals surface area contributed by atoms with Gasteiger partial charge >= 0.3 is 11.9 Å². The monoisotopic (exact) mass is 408 g/mol. The Morgan fingerprint density at radius 3 is 1.47 bits per heavy atom. The van der Waals surface area contributed by atoms with Gasteiger partial charge in [-0.15, -0.1) is 0 Å². The summed E-state index contributed by atoms with van der Waals surface area (Å²) in [5, 5.41) is 0. The standard InChI is InChI=1S/C26H32O4/c1-20(23-14-6-4-7-15-23)12-10-18-29-25(27)22(3)26(28)30-19-11-13-21(2)24-16-8-5-9-17-24/h4-9,14-17,20-21H,3,10-13,18-19H2,1-2H3. The van der Waals surface area contributed by atoms with E-state index in [0.29, 0.717) is 11.8 Å². The van der Waals surface area contributed by atoms with Crippen LogP contribution in [0, 0.1) is 0 Å². The highest BCUT2D eigenvalue weighted by Crippen LogP contribution is 2.21. The summed E-state index contributed by atoms with van der Waals surface area (Å²) in [4.78, 5) is 24.0. The predicted molar refractivity (Wildman–Crippen MR) is 119 cm³/mol. The first-order chi connectivity index (χ1) is 14.5. The minimum atomic E-state index is -0.704. The Balaban J connectivity index is 1.59. The Morgan fingerprint density at radius 2 is 1.10 bits per heavy atom. The summed E-state index contributed by atoms with van der Waals surface area (Å²) in [5.74, 6) is -0.636. The molecule has 0 fully saturated rings. The van der Waals surface area contributed by atoms with E-state index in [-0.39, 0.29) is 18.8 Å². The first-order valence-electron chi connectivity index (χ1n) is 10.6. The zero-order valence-electron chi connectivity index (χ0n) is 18.0. The predicted octanol–water partition coefficient (Wildman–Crippen LogP) is 5.80. The van der Waals surface area contributed by atoms with Crippen LogP contribution in [0.2, 0.25) is 0 Å². The van der Waals surface area contributed by atoms with Crippen LogP contribution in [0.3, 0.4) is 0 Å². The first kappa shape index (κ1) is 23.4. The van der Waals surface area contributed by atoms with E-state index in [2.05, 4.69) is 44.7 Å². The molecule has 4 nitrogen and oxygen atoms in total. The molecule has 30 heavy (non-hydrogen) atoms. The summed E-state index contributed by atoms with van der Waals surface area (Å²) in [5.41, 5.74) is 2.28. The molecule has 0 spiro atoms. The van der Waals surface area contributed by atoms with E-state index >= 15 is 0 Å². The summed E-state index contributed by atoms with van der Waals surface area (Å²) >= 11 is 0. The highest BCUT2D eigenvalue weighted by molar-refractivity contribution is 6.13. The largest absolute Gasteiger partial charge is 0.462 e. The van der Waals surface area contributed by atoms with Crippen LogP contribution in [0.5, 0.6) is 0 Å². The van der Waals surface area contributed by atoms with Crippen LogP contribution in [0.1, 0.15) is 62.5 Å². The number of carbonyl (C=O) groups excluding carboxylic acids is 2. The average molecular weight is 409 g/mol. The molecule has 0 aliphatic heterocycles. The quantitative estimate of drug-likeness (QED) is 0.146. The topological polar surface area (TPSA) is 52.6 Å². The molecule has 4 heteroatoms. The fraction of sp³-hybridized carbons (Fsp3) is 0.385. The van der Waals surface area contributed by atoms with Gasteiger partial charge in [0.05, 0.1) is 13.2 Å². The molecule has 0 N–H and O–H groups in total. The zero-order chi connectivity index (χ0) is 21.8. The number of rotatable bonds is 12. The molecular weight excluding hydrogens is 376 g/mol. The Kier molecular flexibility index (Phi) is 9.85. The van der Waals surface area contributed by atoms with Crippen molar-refractivity contribution >= 4 is 11.9 Å². The smallest absolute Gasteiger partial charge is 0.344 e. The van der Waals surface area contributed by atoms with E-state index in [1.165, 1.54) is 11.1 Å². The fourth-order valence-corrected chi connectivity index (χ4v) is 3.26. The van der Waals surface area contributed by atoms with Gasteiger partial charge in [0.1, 0.15) is 5.57 Å². The molecule has 2 unspecified atom stereocenters. The van der Waals surface area contributed by atoms with E-state index in [1.807, 2.05) is 36.4 Å². The molecule has 160 valence electrons. The molecular formula is C26H32O4. The molecule has 0 saturated heterocycles. The molecule has 2 rings (SSSR count). The summed E-state index contributed by atoms with van der Waals surface area (Å²) in [6.07, 6.45) is 3.24. The van der Waals surface area contributed by atoms with Gasteiger partial charge in [0.15, 0.2) is 0 Å². The van der Waals surface area contributed by atoms with E-state index in [1.54, 1.807) is 0 Å². The van der Waals surface area contributed by atoms with Crippen molar-refractivity contribution in [2.45, 2.75) is 51.4 Å². The van der Waals surface area contributed by atoms with E-state index < -0.39 is 11.9 Å². The lowest BCUT2D eigenvalue weighted by Gasteiger charge is -2.13. The van der Waals surface area contributed by atoms with Crippen molar-refractivity contribution in [1.82, 2.24) is 0 Å². The second-order valence-corrected chi connectivity index (χ2v) is 7.66. The molecule has 0 bridgehead atoms. The van der Waals surface area contributed by atoms with Gasteiger partial charge < -0.3 is 9.47 Å². The van der Waals surface area contributed by atoms with Gasteiger partial charge in [-0.1, -0.05) is 81.1 Å². The number of ether oxygens (including phenoxy) is 2. The van der Waals surface area contributed by atoms with E-state index in [9.17, 15) is 9.59 Å². The molecule has 2 aromatic carbocycles. The van der Waals surface area contributed by atoms with Crippen LogP contribution in [0.4, 0.5) is 0 Å². The molecule has 0 heterocycles. The number of esters is 2. The van der Waals surface area contributed by atoms with E-state index in [0.717, 1.165) is 25.7 Å². The Bertz CT molecular complexity index is 731. The van der Waals surface area contributed by atoms with Crippen molar-refractivity contribution in [2.24, 2.45) is 0 Å². The number of hydrogen-bond donors (Lipinski definition) is 0. The highest BCUT2D eigenvalue weighted by Gasteiger charge is 2.19. The maximum atomic E-state index is 12.0. The van der Waals surface area contributed by atoms with Crippen molar-refractivity contribution in [3.8, 4) is 0 Å². The first-order valence-corrected chi connectivity index (χ1v) is 10.6. The van der Waals surface area contributed by atoms with Crippen LogP contribution in [-0.4, -0.2) is 25.2 Å². The van der Waals surface area contributed by atoms with Crippen LogP contribution in [0.15, 0.2) is 72.8 Å². The van der Waals surface area contributed by atoms with Gasteiger partial charge in [-0.2, -0.15) is 0 Å². The van der Waals surface area contributed by atoms with Gasteiger partial charge in [-0.05, 0) is 48.6 Å². The summed E-state index contributed by atoms with van der Waals surface area (Å²) in [6.45, 7) is 8.34. The molecule has 0 aliphatic carbocycles. The maximum absolute atomic E-state index is 12.0. The third-order valence-corrected chi connectivity index (χ3v) is 5.26. The Morgan fingerprint density at radius 1 is 0.733 bits per heavy atom. The Labute approximate surface area is 179 Å². The van der Waals surface area contributed by atoms with Crippen molar-refractivity contribution in [2.75, 3.05) is 13.2 Å². The molecule has 0 aromatic heterocycles. The lowest BCUT2D eigenvalue weighted by molar-refractivity contribution is -0.147. The molecule has 2 atom stereocenters. The normalized spacial score (nSPS) is 12.6. The second-order valence-electron chi connectivity index (χ2n) is 7.66. The van der Waals surface area contributed by atoms with Crippen LogP contribution in [0.25, 0.3) is 0 Å². The number of benzene rings is 2. The van der Waals surface area contributed by atoms with Gasteiger partial charge in [0, 0.05) is 0 Å². The SMILES string of the molecule is C=C(C(=O)OCCCC(C)c1ccccc1)C(=O)OCCCC(C)c1ccccc1. The summed E-state index contributed by atoms with van der Waals surface area (Å²) < 4.78 is 10.3. The second kappa shape index (κ2) is 12.6. The Hall–Kier alpha value is -2.88. The van der Waals surface area contributed by atoms with Crippen molar-refractivity contribution in [3.63, 3.8) is 0 Å². The van der Waals surface area contributed by atoms with Gasteiger partial charge in [0.25, 0.3) is 0 Å². The van der Waals surface area contributed by atoms with Crippen LogP contribution >= 0.6 is 0 Å². The third-order valence-electron chi connectivity index (χ3n) is 5.26. The van der Waals surface area contributed by atoms with E-state index in [4.69, 9.17) is 9.47 Å².